The highest BCUT2D eigenvalue weighted by Crippen LogP contribution is 2.32. The Kier molecular flexibility index (Phi) is 4.93. The van der Waals surface area contributed by atoms with Crippen LogP contribution >= 0.6 is 0 Å². The smallest absolute Gasteiger partial charge is 0.339 e. The lowest BCUT2D eigenvalue weighted by atomic mass is 10.1. The van der Waals surface area contributed by atoms with E-state index < -0.39 is 30.2 Å². The Labute approximate surface area is 151 Å². The Bertz CT molecular complexity index is 1030. The fourth-order valence-corrected chi connectivity index (χ4v) is 2.76. The summed E-state index contributed by atoms with van der Waals surface area (Å²) in [6, 6.07) is 7.04. The van der Waals surface area contributed by atoms with Crippen molar-refractivity contribution in [2.45, 2.75) is 25.7 Å². The molecule has 3 rings (SSSR count). The average molecular weight is 376 g/mol. The first-order valence-corrected chi connectivity index (χ1v) is 8.00. The Morgan fingerprint density at radius 3 is 2.52 bits per heavy atom. The molecule has 1 aromatic carbocycles. The molecule has 2 aromatic heterocycles. The first kappa shape index (κ1) is 18.6. The molecule has 6 nitrogen and oxygen atoms in total. The number of pyridine rings is 1. The van der Waals surface area contributed by atoms with E-state index in [1.54, 1.807) is 31.2 Å². The zero-order valence-electron chi connectivity index (χ0n) is 14.2. The monoisotopic (exact) mass is 376 g/mol. The maximum Gasteiger partial charge on any atom is 0.412 e. The van der Waals surface area contributed by atoms with Gasteiger partial charge in [0.05, 0.1) is 11.1 Å². The number of rotatable bonds is 4. The summed E-state index contributed by atoms with van der Waals surface area (Å²) in [5.74, 6) is -0.981. The first-order valence-electron chi connectivity index (χ1n) is 8.00. The molecule has 1 N–H and O–H groups in total. The van der Waals surface area contributed by atoms with E-state index in [2.05, 4.69) is 10.1 Å². The zero-order valence-corrected chi connectivity index (χ0v) is 14.2. The number of hydrogen-bond acceptors (Lipinski definition) is 4. The Morgan fingerprint density at radius 2 is 1.89 bits per heavy atom. The average Bonchev–Trinajstić information content (AvgIpc) is 2.64. The zero-order chi connectivity index (χ0) is 19.6. The molecular formula is C18H15F3N4O2. The third-order valence-corrected chi connectivity index (χ3v) is 4.00. The molecule has 1 unspecified atom stereocenters. The number of fused-ring (bicyclic) bond motifs is 1. The standard InChI is InChI=1S/C18H15F3N4O2/c1-11-13-6-2-3-7-14(13)17(27)25(24-11)10-15(26)23-16(18(19,20)21)12-5-4-8-22-9-12/h2-9,16H,10H2,1H3,(H,23,26). The van der Waals surface area contributed by atoms with Crippen molar-refractivity contribution in [3.8, 4) is 0 Å². The number of halogens is 3. The van der Waals surface area contributed by atoms with Crippen LogP contribution in [-0.4, -0.2) is 26.8 Å². The molecule has 3 aromatic rings. The van der Waals surface area contributed by atoms with E-state index in [1.165, 1.54) is 18.3 Å². The Morgan fingerprint density at radius 1 is 1.19 bits per heavy atom. The maximum atomic E-state index is 13.3. The minimum atomic E-state index is -4.71. The van der Waals surface area contributed by atoms with Crippen molar-refractivity contribution in [2.75, 3.05) is 0 Å². The highest BCUT2D eigenvalue weighted by Gasteiger charge is 2.42. The number of aryl methyl sites for hydroxylation is 1. The van der Waals surface area contributed by atoms with Crippen molar-refractivity contribution >= 4 is 16.7 Å². The minimum Gasteiger partial charge on any atom is -0.339 e. The van der Waals surface area contributed by atoms with Gasteiger partial charge in [0.2, 0.25) is 5.91 Å². The topological polar surface area (TPSA) is 76.9 Å². The van der Waals surface area contributed by atoms with Crippen molar-refractivity contribution in [1.82, 2.24) is 20.1 Å². The largest absolute Gasteiger partial charge is 0.412 e. The van der Waals surface area contributed by atoms with Crippen LogP contribution in [0.3, 0.4) is 0 Å². The molecule has 0 aliphatic rings. The SMILES string of the molecule is Cc1nn(CC(=O)NC(c2cccnc2)C(F)(F)F)c(=O)c2ccccc12. The normalized spacial score (nSPS) is 12.7. The molecule has 0 bridgehead atoms. The molecule has 9 heteroatoms. The summed E-state index contributed by atoms with van der Waals surface area (Å²) in [5.41, 5.74) is -0.248. The van der Waals surface area contributed by atoms with Crippen LogP contribution in [-0.2, 0) is 11.3 Å². The third kappa shape index (κ3) is 3.97. The van der Waals surface area contributed by atoms with Crippen molar-refractivity contribution < 1.29 is 18.0 Å². The molecule has 0 aliphatic heterocycles. The molecule has 1 amide bonds. The Balaban J connectivity index is 1.88. The molecule has 0 radical (unpaired) electrons. The number of alkyl halides is 3. The molecule has 140 valence electrons. The number of carbonyl (C=O) groups excluding carboxylic acids is 1. The van der Waals surface area contributed by atoms with Crippen LogP contribution in [0.4, 0.5) is 13.2 Å². The van der Waals surface area contributed by atoms with E-state index in [0.29, 0.717) is 16.5 Å². The summed E-state index contributed by atoms with van der Waals surface area (Å²) in [4.78, 5) is 28.3. The third-order valence-electron chi connectivity index (χ3n) is 4.00. The van der Waals surface area contributed by atoms with Crippen molar-refractivity contribution in [3.05, 3.63) is 70.4 Å². The first-order chi connectivity index (χ1) is 12.8. The van der Waals surface area contributed by atoms with Gasteiger partial charge in [-0.3, -0.25) is 14.6 Å². The van der Waals surface area contributed by atoms with Gasteiger partial charge < -0.3 is 5.32 Å². The highest BCUT2D eigenvalue weighted by atomic mass is 19.4. The van der Waals surface area contributed by atoms with Gasteiger partial charge >= 0.3 is 6.18 Å². The fraction of sp³-hybridized carbons (Fsp3) is 0.222. The van der Waals surface area contributed by atoms with E-state index in [1.807, 2.05) is 5.32 Å². The highest BCUT2D eigenvalue weighted by molar-refractivity contribution is 5.83. The lowest BCUT2D eigenvalue weighted by molar-refractivity contribution is -0.163. The molecule has 0 fully saturated rings. The lowest BCUT2D eigenvalue weighted by Crippen LogP contribution is -2.41. The Hall–Kier alpha value is -3.23. The van der Waals surface area contributed by atoms with Gasteiger partial charge in [0.25, 0.3) is 5.56 Å². The maximum absolute atomic E-state index is 13.3. The van der Waals surface area contributed by atoms with Gasteiger partial charge in [-0.1, -0.05) is 24.3 Å². The van der Waals surface area contributed by atoms with Crippen molar-refractivity contribution in [2.24, 2.45) is 0 Å². The van der Waals surface area contributed by atoms with Crippen molar-refractivity contribution in [3.63, 3.8) is 0 Å². The number of nitrogens with zero attached hydrogens (tertiary/aromatic N) is 3. The summed E-state index contributed by atoms with van der Waals surface area (Å²) in [6.07, 6.45) is -2.35. The summed E-state index contributed by atoms with van der Waals surface area (Å²) in [6.45, 7) is 1.03. The van der Waals surface area contributed by atoms with Gasteiger partial charge in [-0.25, -0.2) is 4.68 Å². The van der Waals surface area contributed by atoms with Crippen LogP contribution in [0.15, 0.2) is 53.6 Å². The van der Waals surface area contributed by atoms with Gasteiger partial charge in [-0.05, 0) is 19.1 Å². The number of amides is 1. The van der Waals surface area contributed by atoms with Gasteiger partial charge in [0.15, 0.2) is 6.04 Å². The molecule has 1 atom stereocenters. The molecule has 0 saturated heterocycles. The summed E-state index contributed by atoms with van der Waals surface area (Å²) in [7, 11) is 0. The predicted molar refractivity (Wildman–Crippen MR) is 91.9 cm³/mol. The van der Waals surface area contributed by atoms with Crippen LogP contribution in [0.1, 0.15) is 17.3 Å². The predicted octanol–water partition coefficient (Wildman–Crippen LogP) is 2.52. The van der Waals surface area contributed by atoms with E-state index in [9.17, 15) is 22.8 Å². The second-order valence-electron chi connectivity index (χ2n) is 5.92. The summed E-state index contributed by atoms with van der Waals surface area (Å²) in [5, 5.41) is 6.92. The molecule has 2 heterocycles. The van der Waals surface area contributed by atoms with E-state index in [4.69, 9.17) is 0 Å². The molecule has 0 spiro atoms. The van der Waals surface area contributed by atoms with E-state index in [0.717, 1.165) is 10.9 Å². The van der Waals surface area contributed by atoms with Crippen LogP contribution in [0.25, 0.3) is 10.8 Å². The lowest BCUT2D eigenvalue weighted by Gasteiger charge is -2.21. The summed E-state index contributed by atoms with van der Waals surface area (Å²) < 4.78 is 40.9. The molecule has 27 heavy (non-hydrogen) atoms. The van der Waals surface area contributed by atoms with E-state index in [-0.39, 0.29) is 5.56 Å². The number of benzene rings is 1. The molecule has 0 aliphatic carbocycles. The fourth-order valence-electron chi connectivity index (χ4n) is 2.76. The second kappa shape index (κ2) is 7.18. The minimum absolute atomic E-state index is 0.201. The van der Waals surface area contributed by atoms with E-state index >= 15 is 0 Å². The van der Waals surface area contributed by atoms with Gasteiger partial charge in [-0.15, -0.1) is 0 Å². The van der Waals surface area contributed by atoms with Gasteiger partial charge in [0, 0.05) is 23.3 Å². The van der Waals surface area contributed by atoms with Crippen LogP contribution in [0.5, 0.6) is 0 Å². The van der Waals surface area contributed by atoms with Crippen LogP contribution < -0.4 is 10.9 Å². The second-order valence-corrected chi connectivity index (χ2v) is 5.92. The van der Waals surface area contributed by atoms with Crippen LogP contribution in [0.2, 0.25) is 0 Å². The van der Waals surface area contributed by atoms with Gasteiger partial charge in [-0.2, -0.15) is 18.3 Å². The van der Waals surface area contributed by atoms with Gasteiger partial charge in [0.1, 0.15) is 6.54 Å². The number of carbonyl (C=O) groups is 1. The molecular weight excluding hydrogens is 361 g/mol. The summed E-state index contributed by atoms with van der Waals surface area (Å²) >= 11 is 0. The number of aromatic nitrogens is 3. The molecule has 0 saturated carbocycles. The van der Waals surface area contributed by atoms with Crippen LogP contribution in [0, 0.1) is 6.92 Å². The quantitative estimate of drug-likeness (QED) is 0.759. The number of hydrogen-bond donors (Lipinski definition) is 1. The number of nitrogens with one attached hydrogen (secondary N) is 1. The van der Waals surface area contributed by atoms with Crippen molar-refractivity contribution in [1.29, 1.82) is 0 Å².